The predicted molar refractivity (Wildman–Crippen MR) is 143 cm³/mol. The Hall–Kier alpha value is -3.08. The first kappa shape index (κ1) is 27.9. The highest BCUT2D eigenvalue weighted by Gasteiger charge is 2.28. The van der Waals surface area contributed by atoms with Gasteiger partial charge in [0, 0.05) is 37.4 Å². The molecule has 1 aliphatic heterocycles. The maximum absolute atomic E-state index is 14.7. The Morgan fingerprint density at radius 2 is 1.92 bits per heavy atom. The lowest BCUT2D eigenvalue weighted by atomic mass is 10.1. The van der Waals surface area contributed by atoms with Crippen LogP contribution in [0.25, 0.3) is 10.9 Å². The molecular weight excluding hydrogens is 538 g/mol. The van der Waals surface area contributed by atoms with Gasteiger partial charge in [-0.3, -0.25) is 0 Å². The zero-order valence-electron chi connectivity index (χ0n) is 21.3. The molecule has 0 unspecified atom stereocenters. The lowest BCUT2D eigenvalue weighted by Crippen LogP contribution is -2.44. The van der Waals surface area contributed by atoms with E-state index in [1.54, 1.807) is 17.0 Å². The van der Waals surface area contributed by atoms with Gasteiger partial charge in [0.2, 0.25) is 0 Å². The van der Waals surface area contributed by atoms with E-state index in [0.29, 0.717) is 54.2 Å². The van der Waals surface area contributed by atoms with E-state index in [9.17, 15) is 14.3 Å². The summed E-state index contributed by atoms with van der Waals surface area (Å²) >= 11 is 11.9. The molecule has 0 aliphatic carbocycles. The highest BCUT2D eigenvalue weighted by molar-refractivity contribution is 6.42. The number of hydrogen-bond donors (Lipinski definition) is 2. The lowest BCUT2D eigenvalue weighted by molar-refractivity contribution is 0.0124. The van der Waals surface area contributed by atoms with Gasteiger partial charge in [0.1, 0.15) is 30.5 Å². The van der Waals surface area contributed by atoms with Crippen molar-refractivity contribution in [3.8, 4) is 11.5 Å². The van der Waals surface area contributed by atoms with Gasteiger partial charge in [0.15, 0.2) is 17.3 Å². The standard InChI is InChI=1S/C26H29Cl2FN4O5/c1-26(2,3)38-25(35)33-8-6-15(7-9-33)37-21-12-16-19(13-20(21)36-11-10-34)30-14-31-24(16)32-18-5-4-17(27)22(28)23(18)29/h4-5,12-15,34H,6-11H2,1-3H3,(H,30,31,32). The van der Waals surface area contributed by atoms with E-state index in [2.05, 4.69) is 15.3 Å². The molecular formula is C26H29Cl2FN4O5. The third kappa shape index (κ3) is 6.67. The first-order valence-corrected chi connectivity index (χ1v) is 12.9. The third-order valence-corrected chi connectivity index (χ3v) is 6.51. The second-order valence-corrected chi connectivity index (χ2v) is 10.5. The Bertz CT molecular complexity index is 1310. The van der Waals surface area contributed by atoms with Crippen molar-refractivity contribution in [3.05, 3.63) is 46.5 Å². The zero-order chi connectivity index (χ0) is 27.4. The van der Waals surface area contributed by atoms with Gasteiger partial charge in [0.05, 0.1) is 27.9 Å². The third-order valence-electron chi connectivity index (χ3n) is 5.73. The molecule has 0 spiro atoms. The molecule has 1 aliphatic rings. The van der Waals surface area contributed by atoms with Gasteiger partial charge in [-0.2, -0.15) is 0 Å². The number of nitrogens with zero attached hydrogens (tertiary/aromatic N) is 3. The van der Waals surface area contributed by atoms with Crippen molar-refractivity contribution in [2.45, 2.75) is 45.3 Å². The summed E-state index contributed by atoms with van der Waals surface area (Å²) < 4.78 is 32.2. The number of hydrogen-bond acceptors (Lipinski definition) is 8. The van der Waals surface area contributed by atoms with Crippen LogP contribution >= 0.6 is 23.2 Å². The molecule has 3 aromatic rings. The molecule has 0 atom stereocenters. The number of rotatable bonds is 7. The molecule has 38 heavy (non-hydrogen) atoms. The number of amides is 1. The van der Waals surface area contributed by atoms with Crippen LogP contribution in [0.15, 0.2) is 30.6 Å². The largest absolute Gasteiger partial charge is 0.487 e. The minimum Gasteiger partial charge on any atom is -0.487 e. The van der Waals surface area contributed by atoms with Crippen LogP contribution in [0.1, 0.15) is 33.6 Å². The first-order valence-electron chi connectivity index (χ1n) is 12.1. The van der Waals surface area contributed by atoms with Gasteiger partial charge in [-0.05, 0) is 39.0 Å². The van der Waals surface area contributed by atoms with E-state index < -0.39 is 11.4 Å². The van der Waals surface area contributed by atoms with Gasteiger partial charge in [0.25, 0.3) is 0 Å². The Labute approximate surface area is 229 Å². The van der Waals surface area contributed by atoms with E-state index in [1.165, 1.54) is 18.5 Å². The fourth-order valence-electron chi connectivity index (χ4n) is 3.94. The fourth-order valence-corrected chi connectivity index (χ4v) is 4.25. The molecule has 9 nitrogen and oxygen atoms in total. The van der Waals surface area contributed by atoms with Crippen LogP contribution in [0.4, 0.5) is 20.7 Å². The number of carbonyl (C=O) groups excluding carboxylic acids is 1. The number of benzene rings is 2. The maximum Gasteiger partial charge on any atom is 0.410 e. The summed E-state index contributed by atoms with van der Waals surface area (Å²) in [7, 11) is 0. The number of carbonyl (C=O) groups is 1. The molecule has 0 radical (unpaired) electrons. The number of halogens is 3. The monoisotopic (exact) mass is 566 g/mol. The van der Waals surface area contributed by atoms with E-state index >= 15 is 0 Å². The lowest BCUT2D eigenvalue weighted by Gasteiger charge is -2.33. The average Bonchev–Trinajstić information content (AvgIpc) is 2.87. The topological polar surface area (TPSA) is 106 Å². The van der Waals surface area contributed by atoms with E-state index in [1.807, 2.05) is 20.8 Å². The van der Waals surface area contributed by atoms with Gasteiger partial charge in [-0.1, -0.05) is 23.2 Å². The summed E-state index contributed by atoms with van der Waals surface area (Å²) in [6.07, 6.45) is 1.96. The molecule has 0 bridgehead atoms. The van der Waals surface area contributed by atoms with Crippen molar-refractivity contribution in [3.63, 3.8) is 0 Å². The number of piperidine rings is 1. The molecule has 1 saturated heterocycles. The molecule has 4 rings (SSSR count). The SMILES string of the molecule is CC(C)(C)OC(=O)N1CCC(Oc2cc3c(Nc4ccc(Cl)c(Cl)c4F)ncnc3cc2OCCO)CC1. The molecule has 1 amide bonds. The summed E-state index contributed by atoms with van der Waals surface area (Å²) in [5, 5.41) is 12.7. The second kappa shape index (κ2) is 11.8. The van der Waals surface area contributed by atoms with Gasteiger partial charge < -0.3 is 29.5 Å². The van der Waals surface area contributed by atoms with Crippen molar-refractivity contribution in [2.24, 2.45) is 0 Å². The number of anilines is 2. The summed E-state index contributed by atoms with van der Waals surface area (Å²) in [5.41, 5.74) is 0.0442. The van der Waals surface area contributed by atoms with Crippen LogP contribution in [0.2, 0.25) is 10.0 Å². The minimum absolute atomic E-state index is 0.0592. The van der Waals surface area contributed by atoms with Crippen LogP contribution in [-0.2, 0) is 4.74 Å². The van der Waals surface area contributed by atoms with Crippen LogP contribution in [0.3, 0.4) is 0 Å². The van der Waals surface area contributed by atoms with E-state index in [4.69, 9.17) is 37.4 Å². The molecule has 1 fully saturated rings. The smallest absolute Gasteiger partial charge is 0.410 e. The summed E-state index contributed by atoms with van der Waals surface area (Å²) in [4.78, 5) is 22.6. The predicted octanol–water partition coefficient (Wildman–Crippen LogP) is 5.97. The van der Waals surface area contributed by atoms with Crippen molar-refractivity contribution in [1.29, 1.82) is 0 Å². The highest BCUT2D eigenvalue weighted by atomic mass is 35.5. The number of ether oxygens (including phenoxy) is 3. The first-order chi connectivity index (χ1) is 18.1. The van der Waals surface area contributed by atoms with Gasteiger partial charge in [-0.25, -0.2) is 19.2 Å². The van der Waals surface area contributed by atoms with Crippen molar-refractivity contribution >= 4 is 51.7 Å². The highest BCUT2D eigenvalue weighted by Crippen LogP contribution is 2.38. The van der Waals surface area contributed by atoms with Crippen molar-refractivity contribution < 1.29 is 28.5 Å². The van der Waals surface area contributed by atoms with E-state index in [0.717, 1.165) is 0 Å². The number of likely N-dealkylation sites (tertiary alicyclic amines) is 1. The molecule has 0 saturated carbocycles. The fraction of sp³-hybridized carbons (Fsp3) is 0.423. The zero-order valence-corrected chi connectivity index (χ0v) is 22.8. The maximum atomic E-state index is 14.7. The number of aliphatic hydroxyl groups is 1. The van der Waals surface area contributed by atoms with Crippen LogP contribution in [0.5, 0.6) is 11.5 Å². The number of aromatic nitrogens is 2. The summed E-state index contributed by atoms with van der Waals surface area (Å²) in [5.74, 6) is 0.424. The Balaban J connectivity index is 1.58. The van der Waals surface area contributed by atoms with Crippen molar-refractivity contribution in [2.75, 3.05) is 31.6 Å². The van der Waals surface area contributed by atoms with Gasteiger partial charge >= 0.3 is 6.09 Å². The minimum atomic E-state index is -0.706. The number of fused-ring (bicyclic) bond motifs is 1. The molecule has 204 valence electrons. The van der Waals surface area contributed by atoms with Crippen molar-refractivity contribution in [1.82, 2.24) is 14.9 Å². The summed E-state index contributed by atoms with van der Waals surface area (Å²) in [6, 6.07) is 6.33. The quantitative estimate of drug-likeness (QED) is 0.337. The Morgan fingerprint density at radius 3 is 2.61 bits per heavy atom. The van der Waals surface area contributed by atoms with Crippen LogP contribution in [0, 0.1) is 5.82 Å². The Kier molecular flexibility index (Phi) is 8.64. The molecule has 12 heteroatoms. The van der Waals surface area contributed by atoms with Crippen LogP contribution in [-0.4, -0.2) is 64.1 Å². The summed E-state index contributed by atoms with van der Waals surface area (Å²) in [6.45, 7) is 6.33. The normalized spacial score (nSPS) is 14.4. The Morgan fingerprint density at radius 1 is 1.18 bits per heavy atom. The average molecular weight is 567 g/mol. The molecule has 2 aromatic carbocycles. The number of nitrogens with one attached hydrogen (secondary N) is 1. The molecule has 2 heterocycles. The molecule has 1 aromatic heterocycles. The van der Waals surface area contributed by atoms with E-state index in [-0.39, 0.29) is 41.1 Å². The molecule has 2 N–H and O–H groups in total. The van der Waals surface area contributed by atoms with Crippen LogP contribution < -0.4 is 14.8 Å². The van der Waals surface area contributed by atoms with Gasteiger partial charge in [-0.15, -0.1) is 0 Å². The number of aliphatic hydroxyl groups excluding tert-OH is 1. The second-order valence-electron chi connectivity index (χ2n) is 9.74.